The Bertz CT molecular complexity index is 453. The predicted octanol–water partition coefficient (Wildman–Crippen LogP) is 1.91. The Morgan fingerprint density at radius 2 is 1.74 bits per heavy atom. The predicted molar refractivity (Wildman–Crippen MR) is 70.1 cm³/mol. The topological polar surface area (TPSA) is 55.3 Å². The van der Waals surface area contributed by atoms with Crippen molar-refractivity contribution in [1.29, 1.82) is 0 Å². The van der Waals surface area contributed by atoms with E-state index in [4.69, 9.17) is 16.3 Å². The van der Waals surface area contributed by atoms with Crippen LogP contribution >= 0.6 is 11.6 Å². The van der Waals surface area contributed by atoms with Crippen molar-refractivity contribution in [3.05, 3.63) is 23.2 Å². The highest BCUT2D eigenvalue weighted by atomic mass is 35.5. The van der Waals surface area contributed by atoms with Gasteiger partial charge in [0.1, 0.15) is 0 Å². The summed E-state index contributed by atoms with van der Waals surface area (Å²) < 4.78 is 5.87. The summed E-state index contributed by atoms with van der Waals surface area (Å²) in [6.07, 6.45) is 7.97. The van der Waals surface area contributed by atoms with Crippen molar-refractivity contribution in [3.63, 3.8) is 0 Å². The third-order valence-electron chi connectivity index (χ3n) is 3.51. The summed E-state index contributed by atoms with van der Waals surface area (Å²) in [6.45, 7) is 1.47. The Labute approximate surface area is 116 Å². The van der Waals surface area contributed by atoms with E-state index in [9.17, 15) is 4.79 Å². The molecule has 1 saturated heterocycles. The van der Waals surface area contributed by atoms with Crippen LogP contribution in [0, 0.1) is 0 Å². The lowest BCUT2D eigenvalue weighted by atomic mass is 10.1. The number of nitrogens with zero attached hydrogens (tertiary/aromatic N) is 3. The van der Waals surface area contributed by atoms with Crippen LogP contribution in [0.4, 0.5) is 0 Å². The molecule has 1 aliphatic carbocycles. The molecule has 0 aromatic carbocycles. The number of amides is 1. The number of hydrogen-bond donors (Lipinski definition) is 0. The average Bonchev–Trinajstić information content (AvgIpc) is 3.24. The van der Waals surface area contributed by atoms with Gasteiger partial charge in [0, 0.05) is 25.5 Å². The van der Waals surface area contributed by atoms with E-state index in [2.05, 4.69) is 9.97 Å². The number of carbonyl (C=O) groups excluding carboxylic acids is 1. The van der Waals surface area contributed by atoms with E-state index in [-0.39, 0.29) is 11.2 Å². The van der Waals surface area contributed by atoms with E-state index in [1.807, 2.05) is 4.90 Å². The fraction of sp³-hybridized carbons (Fsp3) is 0.615. The molecular formula is C13H16ClN3O2. The maximum absolute atomic E-state index is 12.2. The maximum atomic E-state index is 12.2. The number of hydrogen-bond acceptors (Lipinski definition) is 4. The molecule has 3 rings (SSSR count). The van der Waals surface area contributed by atoms with Gasteiger partial charge in [0.25, 0.3) is 5.91 Å². The largest absolute Gasteiger partial charge is 0.375 e. The molecule has 102 valence electrons. The molecule has 1 aromatic rings. The van der Waals surface area contributed by atoms with Gasteiger partial charge < -0.3 is 9.64 Å². The zero-order valence-corrected chi connectivity index (χ0v) is 11.3. The van der Waals surface area contributed by atoms with Crippen LogP contribution in [-0.2, 0) is 4.74 Å². The maximum Gasteiger partial charge on any atom is 0.256 e. The summed E-state index contributed by atoms with van der Waals surface area (Å²) >= 11 is 5.61. The summed E-state index contributed by atoms with van der Waals surface area (Å²) in [4.78, 5) is 21.7. The second-order valence-corrected chi connectivity index (χ2v) is 5.41. The number of piperidine rings is 1. The molecule has 0 spiro atoms. The van der Waals surface area contributed by atoms with Crippen molar-refractivity contribution < 1.29 is 9.53 Å². The average molecular weight is 282 g/mol. The molecule has 1 aliphatic heterocycles. The Morgan fingerprint density at radius 1 is 1.16 bits per heavy atom. The zero-order chi connectivity index (χ0) is 13.2. The molecule has 19 heavy (non-hydrogen) atoms. The number of ether oxygens (including phenoxy) is 1. The van der Waals surface area contributed by atoms with Crippen LogP contribution in [-0.4, -0.2) is 46.1 Å². The lowest BCUT2D eigenvalue weighted by Gasteiger charge is -2.31. The van der Waals surface area contributed by atoms with Gasteiger partial charge >= 0.3 is 0 Å². The SMILES string of the molecule is O=C(c1cnc(Cl)nc1)N1CCC(OC2CC2)CC1. The molecule has 0 bridgehead atoms. The van der Waals surface area contributed by atoms with Crippen LogP contribution in [0.2, 0.25) is 5.28 Å². The first-order valence-electron chi connectivity index (χ1n) is 6.64. The first-order chi connectivity index (χ1) is 9.22. The Hall–Kier alpha value is -1.20. The number of carbonyl (C=O) groups is 1. The molecule has 2 aliphatic rings. The van der Waals surface area contributed by atoms with Gasteiger partial charge in [-0.25, -0.2) is 9.97 Å². The van der Waals surface area contributed by atoms with Gasteiger partial charge in [-0.2, -0.15) is 0 Å². The van der Waals surface area contributed by atoms with Crippen molar-refractivity contribution in [3.8, 4) is 0 Å². The fourth-order valence-electron chi connectivity index (χ4n) is 2.28. The lowest BCUT2D eigenvalue weighted by Crippen LogP contribution is -2.41. The minimum atomic E-state index is -0.0264. The first-order valence-corrected chi connectivity index (χ1v) is 7.02. The van der Waals surface area contributed by atoms with Gasteiger partial charge in [-0.15, -0.1) is 0 Å². The Morgan fingerprint density at radius 3 is 2.32 bits per heavy atom. The van der Waals surface area contributed by atoms with Crippen molar-refractivity contribution in [2.24, 2.45) is 0 Å². The molecule has 0 radical (unpaired) electrons. The molecule has 2 fully saturated rings. The van der Waals surface area contributed by atoms with Gasteiger partial charge in [0.05, 0.1) is 17.8 Å². The Kier molecular flexibility index (Phi) is 3.66. The summed E-state index contributed by atoms with van der Waals surface area (Å²) in [5.41, 5.74) is 0.492. The highest BCUT2D eigenvalue weighted by molar-refractivity contribution is 6.28. The second-order valence-electron chi connectivity index (χ2n) is 5.07. The number of halogens is 1. The normalized spacial score (nSPS) is 20.6. The number of rotatable bonds is 3. The van der Waals surface area contributed by atoms with Crippen LogP contribution in [0.25, 0.3) is 0 Å². The van der Waals surface area contributed by atoms with E-state index < -0.39 is 0 Å². The quantitative estimate of drug-likeness (QED) is 0.794. The molecule has 0 N–H and O–H groups in total. The van der Waals surface area contributed by atoms with Crippen LogP contribution in [0.1, 0.15) is 36.0 Å². The van der Waals surface area contributed by atoms with Crippen LogP contribution in [0.3, 0.4) is 0 Å². The minimum absolute atomic E-state index is 0.0264. The Balaban J connectivity index is 1.55. The van der Waals surface area contributed by atoms with E-state index in [0.29, 0.717) is 17.8 Å². The van der Waals surface area contributed by atoms with Gasteiger partial charge in [-0.1, -0.05) is 0 Å². The highest BCUT2D eigenvalue weighted by Gasteiger charge is 2.30. The van der Waals surface area contributed by atoms with Crippen LogP contribution in [0.15, 0.2) is 12.4 Å². The molecule has 0 atom stereocenters. The van der Waals surface area contributed by atoms with Gasteiger partial charge in [0.15, 0.2) is 0 Å². The third-order valence-corrected chi connectivity index (χ3v) is 3.70. The lowest BCUT2D eigenvalue weighted by molar-refractivity contribution is -0.000546. The molecule has 1 amide bonds. The molecule has 1 aromatic heterocycles. The molecule has 2 heterocycles. The van der Waals surface area contributed by atoms with E-state index in [0.717, 1.165) is 25.9 Å². The minimum Gasteiger partial charge on any atom is -0.375 e. The van der Waals surface area contributed by atoms with Crippen molar-refractivity contribution in [2.75, 3.05) is 13.1 Å². The molecular weight excluding hydrogens is 266 g/mol. The smallest absolute Gasteiger partial charge is 0.256 e. The van der Waals surface area contributed by atoms with Crippen molar-refractivity contribution in [2.45, 2.75) is 37.9 Å². The monoisotopic (exact) mass is 281 g/mol. The van der Waals surface area contributed by atoms with E-state index >= 15 is 0 Å². The molecule has 5 nitrogen and oxygen atoms in total. The summed E-state index contributed by atoms with van der Waals surface area (Å²) in [5, 5.41) is 0.160. The first kappa shape index (κ1) is 12.8. The number of likely N-dealkylation sites (tertiary alicyclic amines) is 1. The van der Waals surface area contributed by atoms with Gasteiger partial charge in [-0.3, -0.25) is 4.79 Å². The summed E-state index contributed by atoms with van der Waals surface area (Å²) in [6, 6.07) is 0. The standard InChI is InChI=1S/C13H16ClN3O2/c14-13-15-7-9(8-16-13)12(18)17-5-3-11(4-6-17)19-10-1-2-10/h7-8,10-11H,1-6H2. The molecule has 0 unspecified atom stereocenters. The highest BCUT2D eigenvalue weighted by Crippen LogP contribution is 2.28. The van der Waals surface area contributed by atoms with Gasteiger partial charge in [-0.05, 0) is 37.3 Å². The van der Waals surface area contributed by atoms with Crippen molar-refractivity contribution >= 4 is 17.5 Å². The van der Waals surface area contributed by atoms with Crippen molar-refractivity contribution in [1.82, 2.24) is 14.9 Å². The molecule has 1 saturated carbocycles. The molecule has 6 heteroatoms. The fourth-order valence-corrected chi connectivity index (χ4v) is 2.37. The number of aromatic nitrogens is 2. The second kappa shape index (κ2) is 5.43. The van der Waals surface area contributed by atoms with E-state index in [1.54, 1.807) is 0 Å². The summed E-state index contributed by atoms with van der Waals surface area (Å²) in [5.74, 6) is -0.0264. The third kappa shape index (κ3) is 3.22. The van der Waals surface area contributed by atoms with E-state index in [1.165, 1.54) is 25.2 Å². The zero-order valence-electron chi connectivity index (χ0n) is 10.6. The van der Waals surface area contributed by atoms with Crippen LogP contribution in [0.5, 0.6) is 0 Å². The van der Waals surface area contributed by atoms with Crippen LogP contribution < -0.4 is 0 Å². The van der Waals surface area contributed by atoms with Gasteiger partial charge in [0.2, 0.25) is 5.28 Å². The summed E-state index contributed by atoms with van der Waals surface area (Å²) in [7, 11) is 0.